The van der Waals surface area contributed by atoms with E-state index in [4.69, 9.17) is 5.84 Å². The first-order chi connectivity index (χ1) is 8.58. The van der Waals surface area contributed by atoms with E-state index in [9.17, 15) is 10.1 Å². The first-order valence-corrected chi connectivity index (χ1v) is 6.86. The predicted octanol–water partition coefficient (Wildman–Crippen LogP) is 2.19. The Hall–Kier alpha value is -1.47. The number of hydrogen-bond donors (Lipinski definition) is 3. The summed E-state index contributed by atoms with van der Waals surface area (Å²) in [5, 5.41) is 14.0. The maximum atomic E-state index is 10.8. The molecule has 7 heteroatoms. The largest absolute Gasteiger partial charge is 0.383 e. The number of rotatable bonds is 6. The number of nitrogens with zero attached hydrogens (tertiary/aromatic N) is 1. The van der Waals surface area contributed by atoms with Crippen molar-refractivity contribution in [1.29, 1.82) is 0 Å². The van der Waals surface area contributed by atoms with Crippen LogP contribution in [0.4, 0.5) is 17.1 Å². The third kappa shape index (κ3) is 2.85. The van der Waals surface area contributed by atoms with Crippen LogP contribution in [-0.4, -0.2) is 22.5 Å². The predicted molar refractivity (Wildman–Crippen MR) is 74.9 cm³/mol. The topological polar surface area (TPSA) is 93.2 Å². The van der Waals surface area contributed by atoms with Crippen molar-refractivity contribution >= 4 is 28.8 Å². The Morgan fingerprint density at radius 3 is 2.61 bits per heavy atom. The smallest absolute Gasteiger partial charge is 0.273 e. The third-order valence-electron chi connectivity index (χ3n) is 3.15. The van der Waals surface area contributed by atoms with E-state index in [0.29, 0.717) is 10.4 Å². The zero-order chi connectivity index (χ0) is 13.2. The first-order valence-electron chi connectivity index (χ1n) is 5.64. The summed E-state index contributed by atoms with van der Waals surface area (Å²) < 4.78 is 0.306. The van der Waals surface area contributed by atoms with Gasteiger partial charge >= 0.3 is 0 Å². The highest BCUT2D eigenvalue weighted by Gasteiger charge is 2.41. The van der Waals surface area contributed by atoms with E-state index in [1.165, 1.54) is 25.0 Å². The molecule has 0 saturated heterocycles. The van der Waals surface area contributed by atoms with E-state index in [-0.39, 0.29) is 5.69 Å². The number of benzene rings is 1. The molecule has 98 valence electrons. The first kappa shape index (κ1) is 13.0. The molecule has 0 radical (unpaired) electrons. The molecule has 1 saturated carbocycles. The fourth-order valence-electron chi connectivity index (χ4n) is 1.76. The van der Waals surface area contributed by atoms with Gasteiger partial charge in [-0.3, -0.25) is 16.0 Å². The molecule has 0 bridgehead atoms. The van der Waals surface area contributed by atoms with Gasteiger partial charge in [-0.1, -0.05) is 0 Å². The van der Waals surface area contributed by atoms with Crippen LogP contribution >= 0.6 is 11.8 Å². The van der Waals surface area contributed by atoms with Crippen molar-refractivity contribution in [3.63, 3.8) is 0 Å². The Morgan fingerprint density at radius 1 is 1.44 bits per heavy atom. The van der Waals surface area contributed by atoms with E-state index in [1.807, 2.05) is 11.8 Å². The molecule has 2 rings (SSSR count). The average Bonchev–Trinajstić information content (AvgIpc) is 3.16. The number of anilines is 2. The number of hydrazine groups is 1. The molecule has 6 nitrogen and oxygen atoms in total. The van der Waals surface area contributed by atoms with Gasteiger partial charge in [-0.25, -0.2) is 0 Å². The highest BCUT2D eigenvalue weighted by atomic mass is 32.2. The number of nitro groups is 1. The van der Waals surface area contributed by atoms with E-state index >= 15 is 0 Å². The normalized spacial score (nSPS) is 16.1. The molecular weight excluding hydrogens is 252 g/mol. The molecule has 0 unspecified atom stereocenters. The Bertz CT molecular complexity index is 462. The van der Waals surface area contributed by atoms with Crippen molar-refractivity contribution in [2.24, 2.45) is 5.84 Å². The second kappa shape index (κ2) is 5.03. The lowest BCUT2D eigenvalue weighted by Crippen LogP contribution is -2.17. The average molecular weight is 268 g/mol. The summed E-state index contributed by atoms with van der Waals surface area (Å²) >= 11 is 1.84. The van der Waals surface area contributed by atoms with Crippen molar-refractivity contribution in [1.82, 2.24) is 0 Å². The molecule has 4 N–H and O–H groups in total. The van der Waals surface area contributed by atoms with Crippen LogP contribution in [0.3, 0.4) is 0 Å². The van der Waals surface area contributed by atoms with Crippen LogP contribution in [0.2, 0.25) is 0 Å². The molecule has 1 aliphatic carbocycles. The molecule has 0 heterocycles. The molecule has 0 aromatic heterocycles. The Balaban J connectivity index is 2.11. The molecule has 0 amide bonds. The summed E-state index contributed by atoms with van der Waals surface area (Å²) in [5.41, 5.74) is 3.72. The summed E-state index contributed by atoms with van der Waals surface area (Å²) in [4.78, 5) is 10.4. The highest BCUT2D eigenvalue weighted by molar-refractivity contribution is 8.00. The quantitative estimate of drug-likeness (QED) is 0.416. The summed E-state index contributed by atoms with van der Waals surface area (Å²) in [6.07, 6.45) is 4.48. The molecule has 0 atom stereocenters. The van der Waals surface area contributed by atoms with Gasteiger partial charge in [0, 0.05) is 29.1 Å². The number of nitrogen functional groups attached to an aromatic ring is 1. The molecule has 1 aromatic rings. The highest BCUT2D eigenvalue weighted by Crippen LogP contribution is 2.47. The van der Waals surface area contributed by atoms with E-state index in [2.05, 4.69) is 17.0 Å². The van der Waals surface area contributed by atoms with Crippen molar-refractivity contribution in [2.45, 2.75) is 17.6 Å². The fourth-order valence-corrected chi connectivity index (χ4v) is 2.48. The van der Waals surface area contributed by atoms with E-state index in [0.717, 1.165) is 12.2 Å². The Kier molecular flexibility index (Phi) is 3.63. The summed E-state index contributed by atoms with van der Waals surface area (Å²) in [6, 6.07) is 4.70. The van der Waals surface area contributed by atoms with Crippen LogP contribution < -0.4 is 16.6 Å². The van der Waals surface area contributed by atoms with Crippen LogP contribution in [0.1, 0.15) is 12.8 Å². The van der Waals surface area contributed by atoms with Gasteiger partial charge in [-0.2, -0.15) is 11.8 Å². The number of nitro benzene ring substituents is 1. The van der Waals surface area contributed by atoms with Gasteiger partial charge in [-0.15, -0.1) is 0 Å². The van der Waals surface area contributed by atoms with Crippen LogP contribution in [0.5, 0.6) is 0 Å². The molecule has 18 heavy (non-hydrogen) atoms. The van der Waals surface area contributed by atoms with Gasteiger partial charge in [0.2, 0.25) is 0 Å². The van der Waals surface area contributed by atoms with Crippen molar-refractivity contribution in [3.8, 4) is 0 Å². The summed E-state index contributed by atoms with van der Waals surface area (Å²) in [6.45, 7) is 0.819. The molecule has 1 aromatic carbocycles. The number of nitrogens with one attached hydrogen (secondary N) is 2. The van der Waals surface area contributed by atoms with Crippen LogP contribution in [0, 0.1) is 10.1 Å². The summed E-state index contributed by atoms with van der Waals surface area (Å²) in [7, 11) is 0. The van der Waals surface area contributed by atoms with Gasteiger partial charge in [0.05, 0.1) is 10.6 Å². The minimum absolute atomic E-state index is 0.0296. The lowest BCUT2D eigenvalue weighted by atomic mass is 10.2. The van der Waals surface area contributed by atoms with Crippen molar-refractivity contribution < 1.29 is 4.92 Å². The maximum Gasteiger partial charge on any atom is 0.273 e. The lowest BCUT2D eigenvalue weighted by Gasteiger charge is -2.14. The molecule has 0 spiro atoms. The lowest BCUT2D eigenvalue weighted by molar-refractivity contribution is -0.384. The van der Waals surface area contributed by atoms with Crippen LogP contribution in [0.25, 0.3) is 0 Å². The zero-order valence-electron chi connectivity index (χ0n) is 10.1. The zero-order valence-corrected chi connectivity index (χ0v) is 10.9. The van der Waals surface area contributed by atoms with Gasteiger partial charge in [0.15, 0.2) is 0 Å². The maximum absolute atomic E-state index is 10.8. The van der Waals surface area contributed by atoms with Gasteiger partial charge in [0.1, 0.15) is 0 Å². The van der Waals surface area contributed by atoms with Crippen LogP contribution in [0.15, 0.2) is 18.2 Å². The second-order valence-corrected chi connectivity index (χ2v) is 5.68. The number of thioether (sulfide) groups is 1. The van der Waals surface area contributed by atoms with Gasteiger partial charge < -0.3 is 10.7 Å². The molecule has 1 aliphatic rings. The molecule has 0 aliphatic heterocycles. The summed E-state index contributed by atoms with van der Waals surface area (Å²) in [5.74, 6) is 5.30. The van der Waals surface area contributed by atoms with Gasteiger partial charge in [0.25, 0.3) is 5.69 Å². The number of non-ortho nitro benzene ring substituents is 1. The molecule has 1 fully saturated rings. The Labute approximate surface area is 109 Å². The Morgan fingerprint density at radius 2 is 2.11 bits per heavy atom. The van der Waals surface area contributed by atoms with Crippen LogP contribution in [-0.2, 0) is 0 Å². The number of hydrogen-bond acceptors (Lipinski definition) is 6. The third-order valence-corrected chi connectivity index (χ3v) is 4.57. The SMILES string of the molecule is CSC1(CNc2cc(NN)cc([N+](=O)[O-])c2)CC1. The number of nitrogens with two attached hydrogens (primary N) is 1. The van der Waals surface area contributed by atoms with Gasteiger partial charge in [-0.05, 0) is 25.2 Å². The minimum Gasteiger partial charge on any atom is -0.383 e. The van der Waals surface area contributed by atoms with Crippen molar-refractivity contribution in [2.75, 3.05) is 23.5 Å². The second-order valence-electron chi connectivity index (χ2n) is 4.41. The minimum atomic E-state index is -0.423. The van der Waals surface area contributed by atoms with Crippen molar-refractivity contribution in [3.05, 3.63) is 28.3 Å². The fraction of sp³-hybridized carbons (Fsp3) is 0.455. The standard InChI is InChI=1S/C11H16N4O2S/c1-18-11(2-3-11)7-13-8-4-9(14-12)6-10(5-8)15(16)17/h4-6,13-14H,2-3,7,12H2,1H3. The van der Waals surface area contributed by atoms with E-state index < -0.39 is 4.92 Å². The van der Waals surface area contributed by atoms with E-state index in [1.54, 1.807) is 6.07 Å². The monoisotopic (exact) mass is 268 g/mol. The molecular formula is C11H16N4O2S.